The van der Waals surface area contributed by atoms with E-state index in [2.05, 4.69) is 15.2 Å². The Morgan fingerprint density at radius 1 is 1.07 bits per heavy atom. The van der Waals surface area contributed by atoms with E-state index < -0.39 is 5.97 Å². The number of aromatic hydroxyl groups is 1. The van der Waals surface area contributed by atoms with Crippen LogP contribution in [0.5, 0.6) is 5.88 Å². The summed E-state index contributed by atoms with van der Waals surface area (Å²) in [6, 6.07) is 14.7. The van der Waals surface area contributed by atoms with E-state index in [1.54, 1.807) is 18.2 Å². The molecule has 0 radical (unpaired) electrons. The second-order valence-corrected chi connectivity index (χ2v) is 7.55. The van der Waals surface area contributed by atoms with Gasteiger partial charge in [-0.05, 0) is 35.6 Å². The molecule has 30 heavy (non-hydrogen) atoms. The van der Waals surface area contributed by atoms with Crippen molar-refractivity contribution >= 4 is 17.0 Å². The van der Waals surface area contributed by atoms with E-state index >= 15 is 0 Å². The van der Waals surface area contributed by atoms with E-state index in [4.69, 9.17) is 0 Å². The van der Waals surface area contributed by atoms with Gasteiger partial charge in [0.15, 0.2) is 0 Å². The van der Waals surface area contributed by atoms with Gasteiger partial charge in [-0.25, -0.2) is 9.78 Å². The van der Waals surface area contributed by atoms with Gasteiger partial charge in [0.2, 0.25) is 0 Å². The van der Waals surface area contributed by atoms with Crippen molar-refractivity contribution < 1.29 is 15.0 Å². The highest BCUT2D eigenvalue weighted by atomic mass is 16.4. The zero-order valence-corrected chi connectivity index (χ0v) is 17.0. The second-order valence-electron chi connectivity index (χ2n) is 7.55. The van der Waals surface area contributed by atoms with Crippen LogP contribution in [0.25, 0.3) is 22.2 Å². The minimum atomic E-state index is -0.951. The Bertz CT molecular complexity index is 1240. The van der Waals surface area contributed by atoms with E-state index in [1.165, 1.54) is 0 Å². The van der Waals surface area contributed by atoms with Crippen LogP contribution in [-0.2, 0) is 6.54 Å². The lowest BCUT2D eigenvalue weighted by molar-refractivity contribution is 0.0697. The molecule has 2 heterocycles. The fourth-order valence-corrected chi connectivity index (χ4v) is 3.64. The molecule has 0 bridgehead atoms. The fourth-order valence-electron chi connectivity index (χ4n) is 3.64. The van der Waals surface area contributed by atoms with E-state index in [-0.39, 0.29) is 17.4 Å². The first kappa shape index (κ1) is 19.6. The smallest absolute Gasteiger partial charge is 0.336 e. The zero-order chi connectivity index (χ0) is 21.4. The number of hydrogen-bond donors (Lipinski definition) is 2. The van der Waals surface area contributed by atoms with Gasteiger partial charge in [0.05, 0.1) is 11.3 Å². The Labute approximate surface area is 173 Å². The number of carboxylic acids is 1. The van der Waals surface area contributed by atoms with Crippen LogP contribution in [0.15, 0.2) is 48.5 Å². The number of aromatic nitrogens is 4. The summed E-state index contributed by atoms with van der Waals surface area (Å²) in [5.74, 6) is -0.191. The van der Waals surface area contributed by atoms with Crippen LogP contribution >= 0.6 is 0 Å². The van der Waals surface area contributed by atoms with Gasteiger partial charge in [-0.1, -0.05) is 56.3 Å². The Morgan fingerprint density at radius 3 is 2.43 bits per heavy atom. The van der Waals surface area contributed by atoms with Crippen LogP contribution in [-0.4, -0.2) is 35.9 Å². The molecule has 2 aromatic carbocycles. The largest absolute Gasteiger partial charge is 0.491 e. The predicted octanol–water partition coefficient (Wildman–Crippen LogP) is 4.38. The Morgan fingerprint density at radius 2 is 1.77 bits per heavy atom. The Hall–Kier alpha value is -3.74. The molecule has 2 N–H and O–H groups in total. The van der Waals surface area contributed by atoms with Crippen molar-refractivity contribution in [3.05, 3.63) is 71.2 Å². The summed E-state index contributed by atoms with van der Waals surface area (Å²) < 4.78 is 1.92. The lowest BCUT2D eigenvalue weighted by atomic mass is 9.99. The van der Waals surface area contributed by atoms with Crippen LogP contribution in [0.3, 0.4) is 0 Å². The summed E-state index contributed by atoms with van der Waals surface area (Å²) in [5.41, 5.74) is 4.77. The molecule has 7 heteroatoms. The maximum Gasteiger partial charge on any atom is 0.336 e. The van der Waals surface area contributed by atoms with Gasteiger partial charge in [0.1, 0.15) is 16.9 Å². The summed E-state index contributed by atoms with van der Waals surface area (Å²) in [5, 5.41) is 27.8. The molecule has 0 spiro atoms. The van der Waals surface area contributed by atoms with E-state index in [1.807, 2.05) is 55.7 Å². The molecule has 2 aromatic heterocycles. The SMILES string of the molecule is Cc1nc2c(C(C)C)nnc(O)c2n1Cc1ccc(-c2ccccc2C(=O)O)cc1. The van der Waals surface area contributed by atoms with Gasteiger partial charge in [0.25, 0.3) is 5.88 Å². The second kappa shape index (κ2) is 7.59. The summed E-state index contributed by atoms with van der Waals surface area (Å²) in [4.78, 5) is 16.1. The third-order valence-corrected chi connectivity index (χ3v) is 5.18. The minimum absolute atomic E-state index is 0.136. The van der Waals surface area contributed by atoms with Crippen molar-refractivity contribution in [2.24, 2.45) is 0 Å². The van der Waals surface area contributed by atoms with Crippen LogP contribution in [0.4, 0.5) is 0 Å². The molecule has 0 unspecified atom stereocenters. The first-order valence-electron chi connectivity index (χ1n) is 9.70. The van der Waals surface area contributed by atoms with Gasteiger partial charge in [-0.15, -0.1) is 10.2 Å². The van der Waals surface area contributed by atoms with Crippen LogP contribution in [0.1, 0.15) is 47.2 Å². The maximum atomic E-state index is 11.5. The average Bonchev–Trinajstić information content (AvgIpc) is 3.05. The Balaban J connectivity index is 1.71. The molecule has 0 fully saturated rings. The lowest BCUT2D eigenvalue weighted by Gasteiger charge is -2.11. The molecular formula is C23H22N4O3. The van der Waals surface area contributed by atoms with Crippen molar-refractivity contribution in [1.29, 1.82) is 0 Å². The fraction of sp³-hybridized carbons (Fsp3) is 0.217. The van der Waals surface area contributed by atoms with Crippen LogP contribution < -0.4 is 0 Å². The number of aromatic carboxylic acids is 1. The van der Waals surface area contributed by atoms with E-state index in [0.29, 0.717) is 23.1 Å². The van der Waals surface area contributed by atoms with Crippen LogP contribution in [0, 0.1) is 6.92 Å². The molecule has 0 atom stereocenters. The highest BCUT2D eigenvalue weighted by Crippen LogP contribution is 2.30. The molecule has 4 rings (SSSR count). The lowest BCUT2D eigenvalue weighted by Crippen LogP contribution is -2.04. The normalized spacial score (nSPS) is 11.3. The maximum absolute atomic E-state index is 11.5. The number of carbonyl (C=O) groups is 1. The Kier molecular flexibility index (Phi) is 4.95. The molecule has 152 valence electrons. The molecule has 0 amide bonds. The number of aryl methyl sites for hydroxylation is 1. The first-order chi connectivity index (χ1) is 14.4. The van der Waals surface area contributed by atoms with Crippen LogP contribution in [0.2, 0.25) is 0 Å². The predicted molar refractivity (Wildman–Crippen MR) is 114 cm³/mol. The van der Waals surface area contributed by atoms with Gasteiger partial charge in [-0.2, -0.15) is 0 Å². The zero-order valence-electron chi connectivity index (χ0n) is 17.0. The number of benzene rings is 2. The quantitative estimate of drug-likeness (QED) is 0.514. The molecule has 7 nitrogen and oxygen atoms in total. The van der Waals surface area contributed by atoms with Crippen molar-refractivity contribution in [2.45, 2.75) is 33.2 Å². The van der Waals surface area contributed by atoms with Gasteiger partial charge < -0.3 is 14.8 Å². The summed E-state index contributed by atoms with van der Waals surface area (Å²) in [6.45, 7) is 6.42. The molecule has 0 aliphatic heterocycles. The molecular weight excluding hydrogens is 380 g/mol. The highest BCUT2D eigenvalue weighted by Gasteiger charge is 2.19. The van der Waals surface area contributed by atoms with Gasteiger partial charge in [-0.3, -0.25) is 0 Å². The summed E-state index contributed by atoms with van der Waals surface area (Å²) >= 11 is 0. The topological polar surface area (TPSA) is 101 Å². The number of fused-ring (bicyclic) bond motifs is 1. The number of rotatable bonds is 5. The van der Waals surface area contributed by atoms with Crippen molar-refractivity contribution in [1.82, 2.24) is 19.7 Å². The third-order valence-electron chi connectivity index (χ3n) is 5.18. The summed E-state index contributed by atoms with van der Waals surface area (Å²) in [7, 11) is 0. The number of imidazole rings is 1. The molecule has 0 saturated carbocycles. The summed E-state index contributed by atoms with van der Waals surface area (Å²) in [6.07, 6.45) is 0. The number of nitrogens with zero attached hydrogens (tertiary/aromatic N) is 4. The molecule has 4 aromatic rings. The highest BCUT2D eigenvalue weighted by molar-refractivity contribution is 5.96. The van der Waals surface area contributed by atoms with Crippen molar-refractivity contribution in [3.63, 3.8) is 0 Å². The van der Waals surface area contributed by atoms with E-state index in [9.17, 15) is 15.0 Å². The van der Waals surface area contributed by atoms with Gasteiger partial charge >= 0.3 is 5.97 Å². The molecule has 0 aliphatic rings. The van der Waals surface area contributed by atoms with E-state index in [0.717, 1.165) is 22.6 Å². The monoisotopic (exact) mass is 402 g/mol. The molecule has 0 aliphatic carbocycles. The minimum Gasteiger partial charge on any atom is -0.491 e. The number of carboxylic acid groups (broad SMARTS) is 1. The average molecular weight is 402 g/mol. The number of hydrogen-bond acceptors (Lipinski definition) is 5. The molecule has 0 saturated heterocycles. The standard InChI is InChI=1S/C23H22N4O3/c1-13(2)19-20-21(22(28)26-25-19)27(14(3)24-20)12-15-8-10-16(11-9-15)17-6-4-5-7-18(17)23(29)30/h4-11,13H,12H2,1-3H3,(H,26,28)(H,29,30). The van der Waals surface area contributed by atoms with Crippen molar-refractivity contribution in [2.75, 3.05) is 0 Å². The van der Waals surface area contributed by atoms with Gasteiger partial charge in [0, 0.05) is 6.54 Å². The third kappa shape index (κ3) is 3.39. The van der Waals surface area contributed by atoms with Crippen molar-refractivity contribution in [3.8, 4) is 17.0 Å². The first-order valence-corrected chi connectivity index (χ1v) is 9.70.